The molecule has 0 rings (SSSR count). The third kappa shape index (κ3) is 4.79. The van der Waals surface area contributed by atoms with E-state index in [2.05, 4.69) is 5.32 Å². The molecule has 0 aliphatic heterocycles. The smallest absolute Gasteiger partial charge is 0.308 e. The molecule has 0 saturated heterocycles. The predicted octanol–water partition coefficient (Wildman–Crippen LogP) is 0.793. The molecule has 0 saturated carbocycles. The van der Waals surface area contributed by atoms with Crippen molar-refractivity contribution in [2.75, 3.05) is 13.7 Å². The van der Waals surface area contributed by atoms with Crippen molar-refractivity contribution in [1.82, 2.24) is 5.32 Å². The van der Waals surface area contributed by atoms with Gasteiger partial charge < -0.3 is 10.1 Å². The number of esters is 1. The summed E-state index contributed by atoms with van der Waals surface area (Å²) in [6, 6.07) is 0.234. The molecule has 0 aliphatic rings. The number of likely N-dealkylation sites (N-methyl/N-ethyl adjacent to an activating group) is 1. The van der Waals surface area contributed by atoms with E-state index in [0.29, 0.717) is 6.61 Å². The number of rotatable bonds is 4. The summed E-state index contributed by atoms with van der Waals surface area (Å²) in [5.41, 5.74) is 0. The molecular formula is C8H17NO2. The van der Waals surface area contributed by atoms with Crippen LogP contribution in [0.2, 0.25) is 0 Å². The number of hydrogen-bond acceptors (Lipinski definition) is 3. The monoisotopic (exact) mass is 159 g/mol. The molecule has 0 radical (unpaired) electrons. The van der Waals surface area contributed by atoms with Crippen LogP contribution in [0.5, 0.6) is 0 Å². The first-order valence-corrected chi connectivity index (χ1v) is 3.91. The lowest BCUT2D eigenvalue weighted by Crippen LogP contribution is -2.29. The van der Waals surface area contributed by atoms with Gasteiger partial charge in [0, 0.05) is 6.04 Å². The Kier molecular flexibility index (Phi) is 4.86. The minimum atomic E-state index is -0.132. The SMILES string of the molecule is CN[C@H](C)COC(=O)C(C)C. The van der Waals surface area contributed by atoms with Crippen molar-refractivity contribution in [3.05, 3.63) is 0 Å². The molecule has 0 aliphatic carbocycles. The summed E-state index contributed by atoms with van der Waals surface area (Å²) in [4.78, 5) is 10.9. The van der Waals surface area contributed by atoms with E-state index in [1.165, 1.54) is 0 Å². The van der Waals surface area contributed by atoms with Gasteiger partial charge in [0.05, 0.1) is 5.92 Å². The molecule has 0 aromatic carbocycles. The second kappa shape index (κ2) is 5.13. The molecule has 0 fully saturated rings. The van der Waals surface area contributed by atoms with Crippen molar-refractivity contribution >= 4 is 5.97 Å². The van der Waals surface area contributed by atoms with E-state index in [0.717, 1.165) is 0 Å². The number of ether oxygens (including phenoxy) is 1. The Morgan fingerprint density at radius 2 is 2.00 bits per heavy atom. The molecule has 0 unspecified atom stereocenters. The van der Waals surface area contributed by atoms with Crippen LogP contribution in [0.3, 0.4) is 0 Å². The van der Waals surface area contributed by atoms with Gasteiger partial charge >= 0.3 is 5.97 Å². The summed E-state index contributed by atoms with van der Waals surface area (Å²) in [5, 5.41) is 2.98. The highest BCUT2D eigenvalue weighted by atomic mass is 16.5. The van der Waals surface area contributed by atoms with Crippen LogP contribution in [-0.2, 0) is 9.53 Å². The largest absolute Gasteiger partial charge is 0.464 e. The minimum Gasteiger partial charge on any atom is -0.464 e. The van der Waals surface area contributed by atoms with Crippen molar-refractivity contribution in [2.24, 2.45) is 5.92 Å². The van der Waals surface area contributed by atoms with Gasteiger partial charge in [0.1, 0.15) is 6.61 Å². The van der Waals surface area contributed by atoms with Gasteiger partial charge in [-0.25, -0.2) is 0 Å². The third-order valence-corrected chi connectivity index (χ3v) is 1.44. The molecule has 0 aromatic heterocycles. The van der Waals surface area contributed by atoms with Gasteiger partial charge in [-0.3, -0.25) is 4.79 Å². The molecule has 3 nitrogen and oxygen atoms in total. The van der Waals surface area contributed by atoms with Crippen LogP contribution < -0.4 is 5.32 Å². The highest BCUT2D eigenvalue weighted by Crippen LogP contribution is 1.96. The molecule has 1 N–H and O–H groups in total. The first-order valence-electron chi connectivity index (χ1n) is 3.91. The molecule has 11 heavy (non-hydrogen) atoms. The lowest BCUT2D eigenvalue weighted by molar-refractivity contribution is -0.147. The summed E-state index contributed by atoms with van der Waals surface area (Å²) in [7, 11) is 1.84. The van der Waals surface area contributed by atoms with E-state index in [4.69, 9.17) is 4.74 Å². The molecule has 0 heterocycles. The number of carbonyl (C=O) groups is 1. The highest BCUT2D eigenvalue weighted by molar-refractivity contribution is 5.71. The van der Waals surface area contributed by atoms with Gasteiger partial charge in [-0.1, -0.05) is 13.8 Å². The summed E-state index contributed by atoms with van der Waals surface area (Å²) < 4.78 is 4.95. The van der Waals surface area contributed by atoms with E-state index in [1.807, 2.05) is 27.8 Å². The van der Waals surface area contributed by atoms with E-state index in [-0.39, 0.29) is 17.9 Å². The van der Waals surface area contributed by atoms with Gasteiger partial charge in [-0.15, -0.1) is 0 Å². The van der Waals surface area contributed by atoms with E-state index in [9.17, 15) is 4.79 Å². The van der Waals surface area contributed by atoms with E-state index >= 15 is 0 Å². The van der Waals surface area contributed by atoms with Gasteiger partial charge in [0.2, 0.25) is 0 Å². The zero-order valence-electron chi connectivity index (χ0n) is 7.68. The van der Waals surface area contributed by atoms with Crippen LogP contribution in [0, 0.1) is 5.92 Å². The third-order valence-electron chi connectivity index (χ3n) is 1.44. The molecule has 66 valence electrons. The Morgan fingerprint density at radius 3 is 2.36 bits per heavy atom. The maximum atomic E-state index is 10.9. The Morgan fingerprint density at radius 1 is 1.45 bits per heavy atom. The first-order chi connectivity index (χ1) is 5.07. The molecule has 0 bridgehead atoms. The fraction of sp³-hybridized carbons (Fsp3) is 0.875. The molecular weight excluding hydrogens is 142 g/mol. The Labute approximate surface area is 68.1 Å². The zero-order chi connectivity index (χ0) is 8.85. The van der Waals surface area contributed by atoms with Crippen molar-refractivity contribution in [1.29, 1.82) is 0 Å². The average Bonchev–Trinajstić information content (AvgIpc) is 1.99. The van der Waals surface area contributed by atoms with Gasteiger partial charge in [0.25, 0.3) is 0 Å². The van der Waals surface area contributed by atoms with Gasteiger partial charge in [-0.05, 0) is 14.0 Å². The fourth-order valence-corrected chi connectivity index (χ4v) is 0.457. The lowest BCUT2D eigenvalue weighted by atomic mass is 10.2. The van der Waals surface area contributed by atoms with Crippen molar-refractivity contribution in [3.63, 3.8) is 0 Å². The molecule has 0 aromatic rings. The van der Waals surface area contributed by atoms with Crippen molar-refractivity contribution in [2.45, 2.75) is 26.8 Å². The predicted molar refractivity (Wildman–Crippen MR) is 44.3 cm³/mol. The second-order valence-corrected chi connectivity index (χ2v) is 2.97. The van der Waals surface area contributed by atoms with Crippen LogP contribution in [0.15, 0.2) is 0 Å². The average molecular weight is 159 g/mol. The van der Waals surface area contributed by atoms with Crippen LogP contribution in [0.4, 0.5) is 0 Å². The normalized spacial score (nSPS) is 13.2. The van der Waals surface area contributed by atoms with E-state index < -0.39 is 0 Å². The molecule has 0 amide bonds. The standard InChI is InChI=1S/C8H17NO2/c1-6(2)8(10)11-5-7(3)9-4/h6-7,9H,5H2,1-4H3/t7-/m1/s1. The van der Waals surface area contributed by atoms with Crippen LogP contribution in [0.1, 0.15) is 20.8 Å². The summed E-state index contributed by atoms with van der Waals surface area (Å²) in [6.07, 6.45) is 0. The first kappa shape index (κ1) is 10.4. The molecule has 0 spiro atoms. The Balaban J connectivity index is 3.46. The summed E-state index contributed by atoms with van der Waals surface area (Å²) >= 11 is 0. The number of hydrogen-bond donors (Lipinski definition) is 1. The summed E-state index contributed by atoms with van der Waals surface area (Å²) in [6.45, 7) is 6.07. The summed E-state index contributed by atoms with van der Waals surface area (Å²) in [5.74, 6) is -0.161. The maximum Gasteiger partial charge on any atom is 0.308 e. The quantitative estimate of drug-likeness (QED) is 0.616. The minimum absolute atomic E-state index is 0.0287. The fourth-order valence-electron chi connectivity index (χ4n) is 0.457. The second-order valence-electron chi connectivity index (χ2n) is 2.97. The van der Waals surface area contributed by atoms with Crippen LogP contribution >= 0.6 is 0 Å². The van der Waals surface area contributed by atoms with Crippen LogP contribution in [-0.4, -0.2) is 25.7 Å². The lowest BCUT2D eigenvalue weighted by Gasteiger charge is -2.11. The van der Waals surface area contributed by atoms with Gasteiger partial charge in [0.15, 0.2) is 0 Å². The van der Waals surface area contributed by atoms with Crippen molar-refractivity contribution < 1.29 is 9.53 Å². The molecule has 3 heteroatoms. The van der Waals surface area contributed by atoms with Crippen LogP contribution in [0.25, 0.3) is 0 Å². The zero-order valence-corrected chi connectivity index (χ0v) is 7.68. The number of nitrogens with one attached hydrogen (secondary N) is 1. The number of carbonyl (C=O) groups excluding carboxylic acids is 1. The Bertz CT molecular complexity index is 123. The van der Waals surface area contributed by atoms with E-state index in [1.54, 1.807) is 0 Å². The van der Waals surface area contributed by atoms with Crippen molar-refractivity contribution in [3.8, 4) is 0 Å². The van der Waals surface area contributed by atoms with Gasteiger partial charge in [-0.2, -0.15) is 0 Å². The molecule has 1 atom stereocenters. The maximum absolute atomic E-state index is 10.9. The Hall–Kier alpha value is -0.570. The topological polar surface area (TPSA) is 38.3 Å². The highest BCUT2D eigenvalue weighted by Gasteiger charge is 2.09.